The van der Waals surface area contributed by atoms with Crippen LogP contribution in [0.2, 0.25) is 0 Å². The monoisotopic (exact) mass is 404 g/mol. The first-order valence-corrected chi connectivity index (χ1v) is 7.86. The van der Waals surface area contributed by atoms with Crippen LogP contribution in [0.25, 0.3) is 0 Å². The van der Waals surface area contributed by atoms with Crippen molar-refractivity contribution < 1.29 is 14.3 Å². The maximum absolute atomic E-state index is 11.8. The highest BCUT2D eigenvalue weighted by atomic mass is 127. The number of hydrogen-bond acceptors (Lipinski definition) is 3. The van der Waals surface area contributed by atoms with Gasteiger partial charge >= 0.3 is 6.09 Å². The van der Waals surface area contributed by atoms with E-state index in [2.05, 4.69) is 33.2 Å². The van der Waals surface area contributed by atoms with Crippen LogP contribution in [-0.4, -0.2) is 30.7 Å². The fourth-order valence-electron chi connectivity index (χ4n) is 1.50. The minimum Gasteiger partial charge on any atom is -0.444 e. The van der Waals surface area contributed by atoms with Crippen molar-refractivity contribution in [3.05, 3.63) is 33.4 Å². The molecule has 0 saturated heterocycles. The van der Waals surface area contributed by atoms with Crippen molar-refractivity contribution in [2.24, 2.45) is 0 Å². The number of ether oxygens (including phenoxy) is 1. The zero-order chi connectivity index (χ0) is 15.9. The Morgan fingerprint density at radius 3 is 2.24 bits per heavy atom. The van der Waals surface area contributed by atoms with E-state index in [1.165, 1.54) is 0 Å². The third kappa shape index (κ3) is 7.89. The summed E-state index contributed by atoms with van der Waals surface area (Å²) in [6.07, 6.45) is 0.210. The number of halogens is 1. The first-order chi connectivity index (χ1) is 9.78. The van der Waals surface area contributed by atoms with E-state index in [4.69, 9.17) is 4.74 Å². The molecule has 0 aliphatic rings. The number of benzene rings is 1. The van der Waals surface area contributed by atoms with Gasteiger partial charge in [0.05, 0.1) is 0 Å². The first-order valence-electron chi connectivity index (χ1n) is 6.78. The summed E-state index contributed by atoms with van der Waals surface area (Å²) in [5.74, 6) is -0.108. The van der Waals surface area contributed by atoms with Gasteiger partial charge in [-0.05, 0) is 74.0 Å². The Morgan fingerprint density at radius 1 is 1.10 bits per heavy atom. The summed E-state index contributed by atoms with van der Waals surface area (Å²) in [5.41, 5.74) is 0.138. The SMILES string of the molecule is CC(C)(C)OC(=O)NCCCNC(=O)c1ccc(I)cc1. The van der Waals surface area contributed by atoms with Crippen molar-refractivity contribution >= 4 is 34.6 Å². The third-order valence-electron chi connectivity index (χ3n) is 2.41. The summed E-state index contributed by atoms with van der Waals surface area (Å²) < 4.78 is 6.20. The van der Waals surface area contributed by atoms with Crippen LogP contribution < -0.4 is 10.6 Å². The molecule has 21 heavy (non-hydrogen) atoms. The third-order valence-corrected chi connectivity index (χ3v) is 3.13. The van der Waals surface area contributed by atoms with E-state index in [0.29, 0.717) is 25.1 Å². The second-order valence-electron chi connectivity index (χ2n) is 5.55. The summed E-state index contributed by atoms with van der Waals surface area (Å²) in [6.45, 7) is 6.40. The van der Waals surface area contributed by atoms with Gasteiger partial charge in [-0.2, -0.15) is 0 Å². The Labute approximate surface area is 139 Å². The smallest absolute Gasteiger partial charge is 0.407 e. The van der Waals surface area contributed by atoms with Crippen molar-refractivity contribution in [1.29, 1.82) is 0 Å². The van der Waals surface area contributed by atoms with Crippen LogP contribution in [0, 0.1) is 3.57 Å². The zero-order valence-corrected chi connectivity index (χ0v) is 14.7. The molecule has 116 valence electrons. The highest BCUT2D eigenvalue weighted by molar-refractivity contribution is 14.1. The van der Waals surface area contributed by atoms with E-state index in [1.807, 2.05) is 32.9 Å². The number of amides is 2. The van der Waals surface area contributed by atoms with Crippen LogP contribution in [0.1, 0.15) is 37.6 Å². The molecule has 1 aromatic rings. The van der Waals surface area contributed by atoms with Crippen LogP contribution in [0.15, 0.2) is 24.3 Å². The number of nitrogens with one attached hydrogen (secondary N) is 2. The van der Waals surface area contributed by atoms with Crippen LogP contribution in [0.5, 0.6) is 0 Å². The van der Waals surface area contributed by atoms with Crippen molar-refractivity contribution in [3.8, 4) is 0 Å². The maximum atomic E-state index is 11.8. The van der Waals surface area contributed by atoms with E-state index >= 15 is 0 Å². The molecule has 0 fully saturated rings. The number of alkyl carbamates (subject to hydrolysis) is 1. The quantitative estimate of drug-likeness (QED) is 0.586. The lowest BCUT2D eigenvalue weighted by molar-refractivity contribution is 0.0527. The van der Waals surface area contributed by atoms with Gasteiger partial charge in [-0.25, -0.2) is 4.79 Å². The van der Waals surface area contributed by atoms with E-state index in [9.17, 15) is 9.59 Å². The topological polar surface area (TPSA) is 67.4 Å². The van der Waals surface area contributed by atoms with Gasteiger partial charge in [0.15, 0.2) is 0 Å². The Bertz CT molecular complexity index is 481. The maximum Gasteiger partial charge on any atom is 0.407 e. The Hall–Kier alpha value is -1.31. The molecule has 0 aromatic heterocycles. The first kappa shape index (κ1) is 17.7. The van der Waals surface area contributed by atoms with Crippen LogP contribution in [0.4, 0.5) is 4.79 Å². The van der Waals surface area contributed by atoms with Gasteiger partial charge in [-0.3, -0.25) is 4.79 Å². The molecule has 2 amide bonds. The molecular weight excluding hydrogens is 383 g/mol. The van der Waals surface area contributed by atoms with Crippen molar-refractivity contribution in [3.63, 3.8) is 0 Å². The molecule has 0 unspecified atom stereocenters. The second kappa shape index (κ2) is 8.21. The van der Waals surface area contributed by atoms with Crippen LogP contribution in [-0.2, 0) is 4.74 Å². The van der Waals surface area contributed by atoms with Gasteiger partial charge in [0, 0.05) is 22.2 Å². The number of rotatable bonds is 5. The van der Waals surface area contributed by atoms with E-state index in [0.717, 1.165) is 3.57 Å². The molecule has 2 N–H and O–H groups in total. The normalized spacial score (nSPS) is 10.9. The van der Waals surface area contributed by atoms with Gasteiger partial charge < -0.3 is 15.4 Å². The minimum atomic E-state index is -0.497. The molecule has 6 heteroatoms. The largest absolute Gasteiger partial charge is 0.444 e. The zero-order valence-electron chi connectivity index (χ0n) is 12.5. The standard InChI is InChI=1S/C15H21IN2O3/c1-15(2,3)21-14(20)18-10-4-9-17-13(19)11-5-7-12(16)8-6-11/h5-8H,4,9-10H2,1-3H3,(H,17,19)(H,18,20). The lowest BCUT2D eigenvalue weighted by Crippen LogP contribution is -2.34. The summed E-state index contributed by atoms with van der Waals surface area (Å²) >= 11 is 2.19. The second-order valence-corrected chi connectivity index (χ2v) is 6.79. The van der Waals surface area contributed by atoms with E-state index in [1.54, 1.807) is 12.1 Å². The lowest BCUT2D eigenvalue weighted by Gasteiger charge is -2.19. The van der Waals surface area contributed by atoms with Crippen molar-refractivity contribution in [2.45, 2.75) is 32.8 Å². The van der Waals surface area contributed by atoms with E-state index < -0.39 is 11.7 Å². The fourth-order valence-corrected chi connectivity index (χ4v) is 1.86. The molecule has 0 bridgehead atoms. The van der Waals surface area contributed by atoms with Gasteiger partial charge in [0.2, 0.25) is 0 Å². The Balaban J connectivity index is 2.18. The van der Waals surface area contributed by atoms with E-state index in [-0.39, 0.29) is 5.91 Å². The van der Waals surface area contributed by atoms with Gasteiger partial charge in [0.1, 0.15) is 5.60 Å². The molecule has 0 radical (unpaired) electrons. The molecule has 1 rings (SSSR count). The summed E-state index contributed by atoms with van der Waals surface area (Å²) in [7, 11) is 0. The molecule has 0 saturated carbocycles. The number of carbonyl (C=O) groups is 2. The molecule has 0 atom stereocenters. The molecule has 0 aliphatic heterocycles. The number of carbonyl (C=O) groups excluding carboxylic acids is 2. The van der Waals surface area contributed by atoms with Gasteiger partial charge in [-0.1, -0.05) is 0 Å². The Morgan fingerprint density at radius 2 is 1.67 bits per heavy atom. The molecule has 5 nitrogen and oxygen atoms in total. The average molecular weight is 404 g/mol. The molecule has 0 spiro atoms. The van der Waals surface area contributed by atoms with Crippen LogP contribution >= 0.6 is 22.6 Å². The molecular formula is C15H21IN2O3. The summed E-state index contributed by atoms with van der Waals surface area (Å²) in [5, 5.41) is 5.45. The molecule has 0 heterocycles. The predicted octanol–water partition coefficient (Wildman–Crippen LogP) is 2.94. The van der Waals surface area contributed by atoms with Crippen LogP contribution in [0.3, 0.4) is 0 Å². The van der Waals surface area contributed by atoms with Crippen molar-refractivity contribution in [2.75, 3.05) is 13.1 Å². The average Bonchev–Trinajstić information content (AvgIpc) is 2.36. The lowest BCUT2D eigenvalue weighted by atomic mass is 10.2. The predicted molar refractivity (Wildman–Crippen MR) is 90.3 cm³/mol. The fraction of sp³-hybridized carbons (Fsp3) is 0.467. The summed E-state index contributed by atoms with van der Waals surface area (Å²) in [6, 6.07) is 7.35. The highest BCUT2D eigenvalue weighted by Gasteiger charge is 2.15. The molecule has 1 aromatic carbocycles. The number of hydrogen-bond donors (Lipinski definition) is 2. The minimum absolute atomic E-state index is 0.108. The van der Waals surface area contributed by atoms with Gasteiger partial charge in [-0.15, -0.1) is 0 Å². The summed E-state index contributed by atoms with van der Waals surface area (Å²) in [4.78, 5) is 23.2. The molecule has 0 aliphatic carbocycles. The highest BCUT2D eigenvalue weighted by Crippen LogP contribution is 2.07. The Kier molecular flexibility index (Phi) is 6.94. The van der Waals surface area contributed by atoms with Crippen molar-refractivity contribution in [1.82, 2.24) is 10.6 Å². The van der Waals surface area contributed by atoms with Gasteiger partial charge in [0.25, 0.3) is 5.91 Å².